The Morgan fingerprint density at radius 2 is 2.14 bits per heavy atom. The van der Waals surface area contributed by atoms with E-state index in [9.17, 15) is 9.18 Å². The quantitative estimate of drug-likeness (QED) is 0.559. The predicted molar refractivity (Wildman–Crippen MR) is 107 cm³/mol. The van der Waals surface area contributed by atoms with Gasteiger partial charge < -0.3 is 20.5 Å². The number of aromatic nitrogens is 3. The number of esters is 1. The molecule has 0 saturated heterocycles. The van der Waals surface area contributed by atoms with Crippen molar-refractivity contribution in [3.8, 4) is 5.75 Å². The van der Waals surface area contributed by atoms with Gasteiger partial charge in [0.25, 0.3) is 0 Å². The number of halogens is 1. The minimum atomic E-state index is -0.489. The maximum atomic E-state index is 13.9. The molecule has 29 heavy (non-hydrogen) atoms. The van der Waals surface area contributed by atoms with E-state index in [-0.39, 0.29) is 30.1 Å². The van der Waals surface area contributed by atoms with Gasteiger partial charge in [-0.05, 0) is 45.0 Å². The molecule has 3 N–H and O–H groups in total. The fraction of sp³-hybridized carbons (Fsp3) is 0.350. The molecule has 0 spiro atoms. The molecule has 0 amide bonds. The van der Waals surface area contributed by atoms with Crippen LogP contribution in [0.3, 0.4) is 0 Å². The van der Waals surface area contributed by atoms with Crippen molar-refractivity contribution >= 4 is 17.4 Å². The molecule has 2 heterocycles. The molecule has 3 aromatic rings. The van der Waals surface area contributed by atoms with Crippen LogP contribution in [0.2, 0.25) is 0 Å². The Morgan fingerprint density at radius 1 is 1.34 bits per heavy atom. The zero-order valence-corrected chi connectivity index (χ0v) is 16.6. The Bertz CT molecular complexity index is 1010. The molecule has 0 fully saturated rings. The number of fused-ring (bicyclic) bond motifs is 1. The number of carbonyl (C=O) groups is 1. The van der Waals surface area contributed by atoms with E-state index in [1.165, 1.54) is 22.8 Å². The topological polar surface area (TPSA) is 104 Å². The average Bonchev–Trinajstić information content (AvgIpc) is 3.12. The van der Waals surface area contributed by atoms with Gasteiger partial charge in [0.2, 0.25) is 0 Å². The minimum absolute atomic E-state index is 0.209. The van der Waals surface area contributed by atoms with E-state index >= 15 is 0 Å². The molecule has 0 aliphatic carbocycles. The third-order valence-electron chi connectivity index (χ3n) is 4.33. The number of anilines is 1. The van der Waals surface area contributed by atoms with E-state index in [4.69, 9.17) is 15.2 Å². The van der Waals surface area contributed by atoms with Crippen LogP contribution in [0.5, 0.6) is 5.75 Å². The molecule has 0 aliphatic rings. The van der Waals surface area contributed by atoms with Crippen LogP contribution in [0.1, 0.15) is 42.7 Å². The summed E-state index contributed by atoms with van der Waals surface area (Å²) in [5, 5.41) is 7.33. The van der Waals surface area contributed by atoms with Crippen LogP contribution in [0, 0.1) is 5.82 Å². The van der Waals surface area contributed by atoms with Crippen LogP contribution in [0.15, 0.2) is 36.7 Å². The number of nitrogens with zero attached hydrogens (tertiary/aromatic N) is 3. The largest absolute Gasteiger partial charge is 0.489 e. The summed E-state index contributed by atoms with van der Waals surface area (Å²) in [6, 6.07) is 5.73. The van der Waals surface area contributed by atoms with Crippen molar-refractivity contribution in [3.05, 3.63) is 53.6 Å². The highest BCUT2D eigenvalue weighted by molar-refractivity contribution is 5.95. The van der Waals surface area contributed by atoms with Crippen molar-refractivity contribution in [2.45, 2.75) is 32.9 Å². The zero-order valence-electron chi connectivity index (χ0n) is 16.6. The van der Waals surface area contributed by atoms with Gasteiger partial charge in [0.15, 0.2) is 5.65 Å². The average molecular weight is 401 g/mol. The van der Waals surface area contributed by atoms with Gasteiger partial charge in [0, 0.05) is 18.3 Å². The first-order valence-electron chi connectivity index (χ1n) is 9.37. The number of ether oxygens (including phenoxy) is 2. The summed E-state index contributed by atoms with van der Waals surface area (Å²) < 4.78 is 26.2. The number of nitrogens with one attached hydrogen (secondary N) is 1. The Morgan fingerprint density at radius 3 is 2.86 bits per heavy atom. The van der Waals surface area contributed by atoms with Crippen LogP contribution in [0.25, 0.3) is 5.65 Å². The molecular weight excluding hydrogens is 377 g/mol. The molecule has 154 valence electrons. The maximum absolute atomic E-state index is 13.9. The zero-order chi connectivity index (χ0) is 21.0. The third-order valence-corrected chi connectivity index (χ3v) is 4.33. The minimum Gasteiger partial charge on any atom is -0.489 e. The predicted octanol–water partition coefficient (Wildman–Crippen LogP) is 2.94. The smallest absolute Gasteiger partial charge is 0.343 e. The lowest BCUT2D eigenvalue weighted by Gasteiger charge is -2.21. The molecule has 9 heteroatoms. The lowest BCUT2D eigenvalue weighted by Crippen LogP contribution is -2.24. The van der Waals surface area contributed by atoms with Crippen LogP contribution in [0.4, 0.5) is 10.2 Å². The number of hydrogen-bond donors (Lipinski definition) is 2. The molecule has 8 nitrogen and oxygen atoms in total. The summed E-state index contributed by atoms with van der Waals surface area (Å²) in [6.07, 6.45) is 2.89. The summed E-state index contributed by atoms with van der Waals surface area (Å²) in [5.41, 5.74) is 6.90. The monoisotopic (exact) mass is 401 g/mol. The van der Waals surface area contributed by atoms with Gasteiger partial charge in [-0.15, -0.1) is 0 Å². The fourth-order valence-corrected chi connectivity index (χ4v) is 2.83. The maximum Gasteiger partial charge on any atom is 0.343 e. The second-order valence-corrected chi connectivity index (χ2v) is 6.57. The van der Waals surface area contributed by atoms with Crippen molar-refractivity contribution in [1.82, 2.24) is 14.6 Å². The van der Waals surface area contributed by atoms with E-state index in [1.807, 2.05) is 13.8 Å². The van der Waals surface area contributed by atoms with E-state index in [2.05, 4.69) is 15.4 Å². The van der Waals surface area contributed by atoms with Crippen LogP contribution >= 0.6 is 0 Å². The van der Waals surface area contributed by atoms with E-state index < -0.39 is 5.97 Å². The van der Waals surface area contributed by atoms with Crippen LogP contribution in [-0.4, -0.2) is 39.8 Å². The number of hydrogen-bond acceptors (Lipinski definition) is 7. The molecule has 0 radical (unpaired) electrons. The van der Waals surface area contributed by atoms with Gasteiger partial charge in [0.1, 0.15) is 29.1 Å². The fourth-order valence-electron chi connectivity index (χ4n) is 2.83. The molecular formula is C20H24FN5O3. The van der Waals surface area contributed by atoms with Crippen molar-refractivity contribution in [2.75, 3.05) is 18.5 Å². The van der Waals surface area contributed by atoms with Crippen molar-refractivity contribution < 1.29 is 18.7 Å². The van der Waals surface area contributed by atoms with Gasteiger partial charge in [-0.3, -0.25) is 0 Å². The first-order valence-corrected chi connectivity index (χ1v) is 9.37. The van der Waals surface area contributed by atoms with Crippen LogP contribution < -0.4 is 15.8 Å². The summed E-state index contributed by atoms with van der Waals surface area (Å²) in [6.45, 7) is 6.04. The van der Waals surface area contributed by atoms with Gasteiger partial charge in [0.05, 0.1) is 18.8 Å². The highest BCUT2D eigenvalue weighted by atomic mass is 19.1. The molecule has 3 rings (SSSR count). The Balaban J connectivity index is 1.88. The summed E-state index contributed by atoms with van der Waals surface area (Å²) in [4.78, 5) is 16.6. The Labute approximate surface area is 167 Å². The first kappa shape index (κ1) is 20.5. The Kier molecular flexibility index (Phi) is 6.28. The molecule has 1 aromatic carbocycles. The standard InChI is InChI=1S/C20H24FN5O3/c1-4-28-20(27)16-11-23-26-8-7-18(25-19(16)26)24-13(3)15-9-14(21)5-6-17(15)29-12(2)10-22/h5-9,11-13H,4,10,22H2,1-3H3,(H,24,25). The first-order chi connectivity index (χ1) is 13.9. The number of nitrogens with two attached hydrogens (primary N) is 1. The second kappa shape index (κ2) is 8.87. The van der Waals surface area contributed by atoms with E-state index in [0.29, 0.717) is 29.3 Å². The van der Waals surface area contributed by atoms with Crippen molar-refractivity contribution in [3.63, 3.8) is 0 Å². The lowest BCUT2D eigenvalue weighted by molar-refractivity contribution is 0.0528. The third kappa shape index (κ3) is 4.62. The van der Waals surface area contributed by atoms with Crippen molar-refractivity contribution in [1.29, 1.82) is 0 Å². The van der Waals surface area contributed by atoms with E-state index in [0.717, 1.165) is 0 Å². The van der Waals surface area contributed by atoms with Gasteiger partial charge in [-0.2, -0.15) is 5.10 Å². The molecule has 0 aliphatic heterocycles. The number of carbonyl (C=O) groups excluding carboxylic acids is 1. The molecule has 2 atom stereocenters. The van der Waals surface area contributed by atoms with Gasteiger partial charge >= 0.3 is 5.97 Å². The van der Waals surface area contributed by atoms with Crippen LogP contribution in [-0.2, 0) is 4.74 Å². The van der Waals surface area contributed by atoms with Gasteiger partial charge in [-0.1, -0.05) is 0 Å². The summed E-state index contributed by atoms with van der Waals surface area (Å²) in [5.74, 6) is 0.183. The SMILES string of the molecule is CCOC(=O)c1cnn2ccc(NC(C)c3cc(F)ccc3OC(C)CN)nc12. The molecule has 0 bridgehead atoms. The van der Waals surface area contributed by atoms with Gasteiger partial charge in [-0.25, -0.2) is 18.7 Å². The molecule has 2 aromatic heterocycles. The lowest BCUT2D eigenvalue weighted by atomic mass is 10.1. The second-order valence-electron chi connectivity index (χ2n) is 6.57. The molecule has 2 unspecified atom stereocenters. The highest BCUT2D eigenvalue weighted by Gasteiger charge is 2.18. The Hall–Kier alpha value is -3.20. The van der Waals surface area contributed by atoms with E-state index in [1.54, 1.807) is 25.3 Å². The summed E-state index contributed by atoms with van der Waals surface area (Å²) in [7, 11) is 0. The number of benzene rings is 1. The normalized spacial score (nSPS) is 13.1. The van der Waals surface area contributed by atoms with Crippen molar-refractivity contribution in [2.24, 2.45) is 5.73 Å². The summed E-state index contributed by atoms with van der Waals surface area (Å²) >= 11 is 0. The highest BCUT2D eigenvalue weighted by Crippen LogP contribution is 2.29. The molecule has 0 saturated carbocycles. The number of rotatable bonds is 8.